The van der Waals surface area contributed by atoms with Gasteiger partial charge in [0.25, 0.3) is 0 Å². The molecule has 2 unspecified atom stereocenters. The Morgan fingerprint density at radius 2 is 2.00 bits per heavy atom. The van der Waals surface area contributed by atoms with Crippen LogP contribution in [0.4, 0.5) is 0 Å². The largest absolute Gasteiger partial charge is 0.345 e. The molecule has 0 bridgehead atoms. The summed E-state index contributed by atoms with van der Waals surface area (Å²) in [6, 6.07) is 4.03. The summed E-state index contributed by atoms with van der Waals surface area (Å²) in [4.78, 5) is 18.4. The van der Waals surface area contributed by atoms with Crippen molar-refractivity contribution in [3.05, 3.63) is 30.1 Å². The van der Waals surface area contributed by atoms with Crippen molar-refractivity contribution in [2.24, 2.45) is 11.7 Å². The Bertz CT molecular complexity index is 421. The van der Waals surface area contributed by atoms with Crippen LogP contribution < -0.4 is 5.73 Å². The lowest BCUT2D eigenvalue weighted by atomic mass is 9.94. The summed E-state index contributed by atoms with van der Waals surface area (Å²) in [5, 5.41) is 0. The van der Waals surface area contributed by atoms with Gasteiger partial charge in [0.2, 0.25) is 5.91 Å². The zero-order valence-electron chi connectivity index (χ0n) is 12.3. The van der Waals surface area contributed by atoms with Gasteiger partial charge in [0.15, 0.2) is 0 Å². The topological polar surface area (TPSA) is 59.2 Å². The van der Waals surface area contributed by atoms with E-state index < -0.39 is 0 Å². The summed E-state index contributed by atoms with van der Waals surface area (Å²) in [5.74, 6) is 0.230. The summed E-state index contributed by atoms with van der Waals surface area (Å²) in [7, 11) is 1.89. The third-order valence-electron chi connectivity index (χ3n) is 4.25. The Balaban J connectivity index is 1.87. The number of pyridine rings is 1. The standard InChI is InChI=1S/C16H25N3O/c1-19(12-9-13-7-10-18-11-8-13)16(20)14-5-3-2-4-6-15(14)17/h7-8,10-11,14-15H,2-6,9,12,17H2,1H3. The first-order chi connectivity index (χ1) is 9.68. The van der Waals surface area contributed by atoms with Crippen LogP contribution in [0.25, 0.3) is 0 Å². The van der Waals surface area contributed by atoms with Crippen LogP contribution >= 0.6 is 0 Å². The molecule has 1 aromatic heterocycles. The third kappa shape index (κ3) is 4.04. The maximum absolute atomic E-state index is 12.5. The van der Waals surface area contributed by atoms with E-state index in [1.165, 1.54) is 12.0 Å². The Kier molecular flexibility index (Phi) is 5.53. The van der Waals surface area contributed by atoms with Gasteiger partial charge in [-0.1, -0.05) is 19.3 Å². The maximum Gasteiger partial charge on any atom is 0.226 e. The van der Waals surface area contributed by atoms with Gasteiger partial charge in [-0.05, 0) is 37.0 Å². The molecular weight excluding hydrogens is 250 g/mol. The number of rotatable bonds is 4. The fourth-order valence-electron chi connectivity index (χ4n) is 2.88. The second-order valence-corrected chi connectivity index (χ2v) is 5.77. The summed E-state index contributed by atoms with van der Waals surface area (Å²) in [5.41, 5.74) is 7.38. The lowest BCUT2D eigenvalue weighted by Gasteiger charge is -2.26. The van der Waals surface area contributed by atoms with E-state index in [2.05, 4.69) is 4.98 Å². The Labute approximate surface area is 121 Å². The quantitative estimate of drug-likeness (QED) is 0.855. The van der Waals surface area contributed by atoms with Gasteiger partial charge in [-0.25, -0.2) is 0 Å². The fourth-order valence-corrected chi connectivity index (χ4v) is 2.88. The van der Waals surface area contributed by atoms with Gasteiger partial charge < -0.3 is 10.6 Å². The molecule has 0 saturated heterocycles. The Morgan fingerprint density at radius 3 is 2.75 bits per heavy atom. The van der Waals surface area contributed by atoms with E-state index in [4.69, 9.17) is 5.73 Å². The van der Waals surface area contributed by atoms with Crippen LogP contribution in [0, 0.1) is 5.92 Å². The molecule has 2 N–H and O–H groups in total. The lowest BCUT2D eigenvalue weighted by Crippen LogP contribution is -2.42. The van der Waals surface area contributed by atoms with Gasteiger partial charge in [-0.3, -0.25) is 9.78 Å². The van der Waals surface area contributed by atoms with Crippen molar-refractivity contribution >= 4 is 5.91 Å². The van der Waals surface area contributed by atoms with Crippen molar-refractivity contribution in [1.82, 2.24) is 9.88 Å². The average molecular weight is 275 g/mol. The van der Waals surface area contributed by atoms with Crippen LogP contribution in [-0.2, 0) is 11.2 Å². The van der Waals surface area contributed by atoms with E-state index in [-0.39, 0.29) is 17.9 Å². The minimum atomic E-state index is 0.0138. The molecule has 1 fully saturated rings. The highest BCUT2D eigenvalue weighted by atomic mass is 16.2. The van der Waals surface area contributed by atoms with Crippen molar-refractivity contribution in [1.29, 1.82) is 0 Å². The van der Waals surface area contributed by atoms with Gasteiger partial charge >= 0.3 is 0 Å². The minimum absolute atomic E-state index is 0.0138. The van der Waals surface area contributed by atoms with E-state index in [0.29, 0.717) is 0 Å². The number of carbonyl (C=O) groups excluding carboxylic acids is 1. The number of carbonyl (C=O) groups is 1. The number of aromatic nitrogens is 1. The monoisotopic (exact) mass is 275 g/mol. The predicted molar refractivity (Wildman–Crippen MR) is 80.1 cm³/mol. The first-order valence-corrected chi connectivity index (χ1v) is 7.58. The van der Waals surface area contributed by atoms with Crippen LogP contribution in [-0.4, -0.2) is 35.4 Å². The molecule has 0 radical (unpaired) electrons. The summed E-state index contributed by atoms with van der Waals surface area (Å²) in [6.45, 7) is 0.742. The highest BCUT2D eigenvalue weighted by molar-refractivity contribution is 5.79. The second kappa shape index (κ2) is 7.39. The molecule has 2 rings (SSSR count). The van der Waals surface area contributed by atoms with Gasteiger partial charge in [-0.15, -0.1) is 0 Å². The highest BCUT2D eigenvalue weighted by Gasteiger charge is 2.28. The number of nitrogens with two attached hydrogens (primary N) is 1. The number of hydrogen-bond donors (Lipinski definition) is 1. The molecule has 110 valence electrons. The van der Waals surface area contributed by atoms with Crippen molar-refractivity contribution in [2.45, 2.75) is 44.6 Å². The van der Waals surface area contributed by atoms with E-state index in [1.54, 1.807) is 12.4 Å². The van der Waals surface area contributed by atoms with Gasteiger partial charge in [0.1, 0.15) is 0 Å². The van der Waals surface area contributed by atoms with Gasteiger partial charge in [0.05, 0.1) is 5.92 Å². The molecule has 4 nitrogen and oxygen atoms in total. The summed E-state index contributed by atoms with van der Waals surface area (Å²) < 4.78 is 0. The molecule has 1 saturated carbocycles. The Hall–Kier alpha value is -1.42. The van der Waals surface area contributed by atoms with Crippen LogP contribution in [0.1, 0.15) is 37.7 Å². The van der Waals surface area contributed by atoms with Crippen LogP contribution in [0.2, 0.25) is 0 Å². The molecule has 1 aromatic rings. The van der Waals surface area contributed by atoms with E-state index in [0.717, 1.165) is 38.6 Å². The lowest BCUT2D eigenvalue weighted by molar-refractivity contribution is -0.135. The SMILES string of the molecule is CN(CCc1ccncc1)C(=O)C1CCCCCC1N. The van der Waals surface area contributed by atoms with E-state index in [1.807, 2.05) is 24.1 Å². The number of hydrogen-bond acceptors (Lipinski definition) is 3. The molecule has 0 aliphatic heterocycles. The molecular formula is C16H25N3O. The molecule has 0 aromatic carbocycles. The summed E-state index contributed by atoms with van der Waals surface area (Å²) in [6.07, 6.45) is 9.86. The molecule has 1 heterocycles. The molecule has 0 spiro atoms. The van der Waals surface area contributed by atoms with Gasteiger partial charge in [-0.2, -0.15) is 0 Å². The first kappa shape index (κ1) is 15.0. The zero-order valence-corrected chi connectivity index (χ0v) is 12.3. The van der Waals surface area contributed by atoms with Crippen LogP contribution in [0.5, 0.6) is 0 Å². The Morgan fingerprint density at radius 1 is 1.30 bits per heavy atom. The third-order valence-corrected chi connectivity index (χ3v) is 4.25. The molecule has 1 amide bonds. The number of likely N-dealkylation sites (N-methyl/N-ethyl adjacent to an activating group) is 1. The van der Waals surface area contributed by atoms with Crippen LogP contribution in [0.15, 0.2) is 24.5 Å². The molecule has 4 heteroatoms. The molecule has 1 aliphatic rings. The number of nitrogens with zero attached hydrogens (tertiary/aromatic N) is 2. The molecule has 20 heavy (non-hydrogen) atoms. The van der Waals surface area contributed by atoms with E-state index >= 15 is 0 Å². The van der Waals surface area contributed by atoms with Crippen molar-refractivity contribution in [3.8, 4) is 0 Å². The average Bonchev–Trinajstić information content (AvgIpc) is 2.69. The summed E-state index contributed by atoms with van der Waals surface area (Å²) >= 11 is 0. The molecule has 2 atom stereocenters. The smallest absolute Gasteiger partial charge is 0.226 e. The first-order valence-electron chi connectivity index (χ1n) is 7.58. The van der Waals surface area contributed by atoms with Crippen molar-refractivity contribution in [2.75, 3.05) is 13.6 Å². The highest BCUT2D eigenvalue weighted by Crippen LogP contribution is 2.23. The zero-order chi connectivity index (χ0) is 14.4. The van der Waals surface area contributed by atoms with Crippen molar-refractivity contribution in [3.63, 3.8) is 0 Å². The maximum atomic E-state index is 12.5. The minimum Gasteiger partial charge on any atom is -0.345 e. The normalized spacial score (nSPS) is 23.1. The molecule has 1 aliphatic carbocycles. The van der Waals surface area contributed by atoms with Gasteiger partial charge in [0, 0.05) is 32.0 Å². The van der Waals surface area contributed by atoms with Crippen LogP contribution in [0.3, 0.4) is 0 Å². The predicted octanol–water partition coefficient (Wildman–Crippen LogP) is 1.99. The van der Waals surface area contributed by atoms with E-state index in [9.17, 15) is 4.79 Å². The van der Waals surface area contributed by atoms with Crippen molar-refractivity contribution < 1.29 is 4.79 Å². The number of amides is 1. The second-order valence-electron chi connectivity index (χ2n) is 5.77. The fraction of sp³-hybridized carbons (Fsp3) is 0.625.